The van der Waals surface area contributed by atoms with Gasteiger partial charge in [0.15, 0.2) is 5.82 Å². The van der Waals surface area contributed by atoms with E-state index in [0.29, 0.717) is 4.77 Å². The monoisotopic (exact) mass is 326 g/mol. The lowest BCUT2D eigenvalue weighted by atomic mass is 10.1. The maximum Gasteiger partial charge on any atom is 0.216 e. The van der Waals surface area contributed by atoms with Crippen LogP contribution in [0.5, 0.6) is 0 Å². The third-order valence-corrected chi connectivity index (χ3v) is 3.65. The van der Waals surface area contributed by atoms with Crippen LogP contribution in [0.2, 0.25) is 0 Å². The number of nitrogens with one attached hydrogen (secondary N) is 1. The molecule has 23 heavy (non-hydrogen) atoms. The molecule has 0 unspecified atom stereocenters. The van der Waals surface area contributed by atoms with Crippen LogP contribution in [0.4, 0.5) is 4.39 Å². The predicted molar refractivity (Wildman–Crippen MR) is 90.7 cm³/mol. The quantitative estimate of drug-likeness (QED) is 0.573. The van der Waals surface area contributed by atoms with E-state index in [4.69, 9.17) is 12.2 Å². The molecule has 0 saturated carbocycles. The van der Waals surface area contributed by atoms with Crippen molar-refractivity contribution in [1.29, 1.82) is 0 Å². The number of halogens is 1. The molecule has 0 aliphatic heterocycles. The summed E-state index contributed by atoms with van der Waals surface area (Å²) in [5.74, 6) is 0.489. The summed E-state index contributed by atoms with van der Waals surface area (Å²) in [5.41, 5.74) is 2.03. The molecule has 1 N–H and O–H groups in total. The Kier molecular flexibility index (Phi) is 4.73. The maximum absolute atomic E-state index is 12.9. The third kappa shape index (κ3) is 3.98. The molecule has 0 atom stereocenters. The molecule has 3 aromatic rings. The van der Waals surface area contributed by atoms with Crippen molar-refractivity contribution < 1.29 is 4.39 Å². The molecule has 0 radical (unpaired) electrons. The van der Waals surface area contributed by atoms with Crippen LogP contribution in [0, 0.1) is 10.6 Å². The molecule has 6 heteroatoms. The number of aromatic amines is 1. The molecule has 3 rings (SSSR count). The van der Waals surface area contributed by atoms with Crippen LogP contribution in [0.1, 0.15) is 17.0 Å². The van der Waals surface area contributed by atoms with E-state index in [2.05, 4.69) is 27.4 Å². The van der Waals surface area contributed by atoms with E-state index in [1.165, 1.54) is 17.7 Å². The normalized spacial score (nSPS) is 11.2. The molecule has 0 amide bonds. The molecular weight excluding hydrogens is 311 g/mol. The van der Waals surface area contributed by atoms with Crippen molar-refractivity contribution in [2.45, 2.75) is 12.8 Å². The smallest absolute Gasteiger partial charge is 0.216 e. The van der Waals surface area contributed by atoms with Crippen LogP contribution < -0.4 is 0 Å². The first kappa shape index (κ1) is 15.3. The summed E-state index contributed by atoms with van der Waals surface area (Å²) in [6, 6.07) is 16.3. The van der Waals surface area contributed by atoms with E-state index in [-0.39, 0.29) is 5.82 Å². The highest BCUT2D eigenvalue weighted by Crippen LogP contribution is 2.07. The molecule has 0 spiro atoms. The largest absolute Gasteiger partial charge is 0.250 e. The molecule has 1 aromatic heterocycles. The van der Waals surface area contributed by atoms with Crippen molar-refractivity contribution in [3.05, 3.63) is 82.1 Å². The van der Waals surface area contributed by atoms with Crippen LogP contribution in [0.3, 0.4) is 0 Å². The second kappa shape index (κ2) is 7.11. The van der Waals surface area contributed by atoms with E-state index in [1.807, 2.05) is 18.2 Å². The van der Waals surface area contributed by atoms with Crippen LogP contribution >= 0.6 is 12.2 Å². The zero-order chi connectivity index (χ0) is 16.1. The molecule has 0 aliphatic carbocycles. The van der Waals surface area contributed by atoms with Gasteiger partial charge in [-0.05, 0) is 41.9 Å². The summed E-state index contributed by atoms with van der Waals surface area (Å²) in [6.45, 7) is 0. The van der Waals surface area contributed by atoms with Gasteiger partial charge in [0.05, 0.1) is 6.21 Å². The highest BCUT2D eigenvalue weighted by atomic mass is 32.1. The summed E-state index contributed by atoms with van der Waals surface area (Å²) < 4.78 is 14.9. The standard InChI is InChI=1S/C17H15FN4S/c18-15-9-6-14(7-10-15)12-19-22-16(20-21-17(22)23)11-8-13-4-2-1-3-5-13/h1-7,9-10,12H,8,11H2,(H,21,23)/b19-12-. The Morgan fingerprint density at radius 1 is 1.09 bits per heavy atom. The molecular formula is C17H15FN4S. The minimum Gasteiger partial charge on any atom is -0.250 e. The highest BCUT2D eigenvalue weighted by Gasteiger charge is 2.05. The van der Waals surface area contributed by atoms with Crippen molar-refractivity contribution in [3.63, 3.8) is 0 Å². The van der Waals surface area contributed by atoms with Gasteiger partial charge in [0.25, 0.3) is 0 Å². The fraction of sp³-hybridized carbons (Fsp3) is 0.118. The predicted octanol–water partition coefficient (Wildman–Crippen LogP) is 3.75. The molecule has 0 aliphatic rings. The topological polar surface area (TPSA) is 46.0 Å². The number of H-pyrrole nitrogens is 1. The van der Waals surface area contributed by atoms with Gasteiger partial charge in [-0.25, -0.2) is 4.39 Å². The van der Waals surface area contributed by atoms with Crippen molar-refractivity contribution in [2.24, 2.45) is 5.10 Å². The van der Waals surface area contributed by atoms with Crippen molar-refractivity contribution in [2.75, 3.05) is 0 Å². The highest BCUT2D eigenvalue weighted by molar-refractivity contribution is 7.71. The first-order valence-corrected chi connectivity index (χ1v) is 7.63. The second-order valence-corrected chi connectivity index (χ2v) is 5.43. The van der Waals surface area contributed by atoms with E-state index in [1.54, 1.807) is 23.0 Å². The number of hydrogen-bond donors (Lipinski definition) is 1. The first-order valence-electron chi connectivity index (χ1n) is 7.22. The van der Waals surface area contributed by atoms with Crippen LogP contribution in [0.15, 0.2) is 59.7 Å². The lowest BCUT2D eigenvalue weighted by Crippen LogP contribution is -2.01. The van der Waals surface area contributed by atoms with Gasteiger partial charge in [0.1, 0.15) is 5.82 Å². The maximum atomic E-state index is 12.9. The molecule has 116 valence electrons. The van der Waals surface area contributed by atoms with Crippen molar-refractivity contribution >= 4 is 18.4 Å². The Balaban J connectivity index is 1.76. The van der Waals surface area contributed by atoms with Crippen molar-refractivity contribution in [1.82, 2.24) is 14.9 Å². The van der Waals surface area contributed by atoms with E-state index < -0.39 is 0 Å². The summed E-state index contributed by atoms with van der Waals surface area (Å²) in [7, 11) is 0. The van der Waals surface area contributed by atoms with Gasteiger partial charge in [-0.3, -0.25) is 5.10 Å². The number of aryl methyl sites for hydroxylation is 2. The summed E-state index contributed by atoms with van der Waals surface area (Å²) >= 11 is 5.21. The Morgan fingerprint density at radius 3 is 2.57 bits per heavy atom. The Labute approximate surface area is 138 Å². The molecule has 1 heterocycles. The van der Waals surface area contributed by atoms with Gasteiger partial charge < -0.3 is 0 Å². The first-order chi connectivity index (χ1) is 11.2. The minimum atomic E-state index is -0.273. The van der Waals surface area contributed by atoms with Gasteiger partial charge in [0, 0.05) is 6.42 Å². The Morgan fingerprint density at radius 2 is 1.83 bits per heavy atom. The average molecular weight is 326 g/mol. The molecule has 0 bridgehead atoms. The van der Waals surface area contributed by atoms with Crippen LogP contribution in [0.25, 0.3) is 0 Å². The minimum absolute atomic E-state index is 0.273. The zero-order valence-corrected chi connectivity index (χ0v) is 13.1. The number of rotatable bonds is 5. The van der Waals surface area contributed by atoms with E-state index >= 15 is 0 Å². The van der Waals surface area contributed by atoms with E-state index in [0.717, 1.165) is 24.2 Å². The van der Waals surface area contributed by atoms with Gasteiger partial charge in [-0.2, -0.15) is 14.9 Å². The summed E-state index contributed by atoms with van der Waals surface area (Å²) in [4.78, 5) is 0. The fourth-order valence-electron chi connectivity index (χ4n) is 2.18. The second-order valence-electron chi connectivity index (χ2n) is 5.04. The number of benzene rings is 2. The summed E-state index contributed by atoms with van der Waals surface area (Å²) in [5, 5.41) is 11.3. The Bertz CT molecular complexity index is 850. The van der Waals surface area contributed by atoms with E-state index in [9.17, 15) is 4.39 Å². The molecule has 2 aromatic carbocycles. The van der Waals surface area contributed by atoms with Crippen LogP contribution in [-0.4, -0.2) is 21.1 Å². The molecule has 0 fully saturated rings. The Hall–Kier alpha value is -2.60. The number of hydrogen-bond acceptors (Lipinski definition) is 3. The van der Waals surface area contributed by atoms with Crippen molar-refractivity contribution in [3.8, 4) is 0 Å². The fourth-order valence-corrected chi connectivity index (χ4v) is 2.38. The third-order valence-electron chi connectivity index (χ3n) is 3.39. The van der Waals surface area contributed by atoms with Gasteiger partial charge in [-0.15, -0.1) is 0 Å². The number of nitrogens with zero attached hydrogens (tertiary/aromatic N) is 3. The zero-order valence-electron chi connectivity index (χ0n) is 12.3. The average Bonchev–Trinajstić information content (AvgIpc) is 2.93. The van der Waals surface area contributed by atoms with Crippen LogP contribution in [-0.2, 0) is 12.8 Å². The van der Waals surface area contributed by atoms with Gasteiger partial charge in [-0.1, -0.05) is 42.5 Å². The lowest BCUT2D eigenvalue weighted by Gasteiger charge is -2.01. The molecule has 4 nitrogen and oxygen atoms in total. The SMILES string of the molecule is Fc1ccc(/C=N\n2c(CCc3ccccc3)n[nH]c2=S)cc1. The lowest BCUT2D eigenvalue weighted by molar-refractivity contribution is 0.628. The van der Waals surface area contributed by atoms with Gasteiger partial charge in [0.2, 0.25) is 4.77 Å². The summed E-state index contributed by atoms with van der Waals surface area (Å²) in [6.07, 6.45) is 3.21. The number of aromatic nitrogens is 3. The molecule has 0 saturated heterocycles. The van der Waals surface area contributed by atoms with Gasteiger partial charge >= 0.3 is 0 Å².